The van der Waals surface area contributed by atoms with Gasteiger partial charge < -0.3 is 20.3 Å². The summed E-state index contributed by atoms with van der Waals surface area (Å²) in [4.78, 5) is 22.8. The van der Waals surface area contributed by atoms with E-state index in [4.69, 9.17) is 5.73 Å². The van der Waals surface area contributed by atoms with Crippen LogP contribution in [0.15, 0.2) is 48.6 Å². The maximum absolute atomic E-state index is 11.5. The van der Waals surface area contributed by atoms with Crippen LogP contribution in [-0.4, -0.2) is 54.4 Å². The number of thioether (sulfide) groups is 1. The minimum absolute atomic E-state index is 0.258. The van der Waals surface area contributed by atoms with Gasteiger partial charge in [0.2, 0.25) is 0 Å². The molecular weight excluding hydrogens is 426 g/mol. The highest BCUT2D eigenvalue weighted by Crippen LogP contribution is 2.21. The van der Waals surface area contributed by atoms with Crippen molar-refractivity contribution in [1.82, 2.24) is 0 Å². The molecule has 0 amide bonds. The Morgan fingerprint density at radius 2 is 1.75 bits per heavy atom. The number of esters is 2. The summed E-state index contributed by atoms with van der Waals surface area (Å²) in [5, 5.41) is 10.3. The van der Waals surface area contributed by atoms with Crippen molar-refractivity contribution in [1.29, 1.82) is 0 Å². The summed E-state index contributed by atoms with van der Waals surface area (Å²) in [7, 11) is 2.64. The van der Waals surface area contributed by atoms with E-state index in [1.807, 2.05) is 30.4 Å². The van der Waals surface area contributed by atoms with Crippen molar-refractivity contribution in [3.05, 3.63) is 48.6 Å². The summed E-state index contributed by atoms with van der Waals surface area (Å²) in [5.74, 6) is -0.454. The number of methoxy groups -OCH3 is 2. The van der Waals surface area contributed by atoms with E-state index in [0.717, 1.165) is 12.8 Å². The Bertz CT molecular complexity index is 615. The molecule has 0 radical (unpaired) electrons. The van der Waals surface area contributed by atoms with E-state index in [9.17, 15) is 14.7 Å². The van der Waals surface area contributed by atoms with Crippen LogP contribution >= 0.6 is 11.8 Å². The summed E-state index contributed by atoms with van der Waals surface area (Å²) in [6, 6.07) is -0.753. The number of hydrogen-bond acceptors (Lipinski definition) is 7. The lowest BCUT2D eigenvalue weighted by atomic mass is 10.1. The molecule has 3 atom stereocenters. The molecule has 1 unspecified atom stereocenters. The first-order valence-electron chi connectivity index (χ1n) is 11.3. The number of hydrogen-bond donors (Lipinski definition) is 2. The van der Waals surface area contributed by atoms with Gasteiger partial charge in [0, 0.05) is 17.4 Å². The SMILES string of the molecule is CCCCCC=CCC=CC=CC=C[C@@H](SCC(N)C(=O)OC)[C@@H](O)CCCC(=O)OC. The van der Waals surface area contributed by atoms with E-state index in [-0.39, 0.29) is 17.6 Å². The number of carbonyl (C=O) groups is 2. The standard InChI is InChI=1S/C25H41NO5S/c1-4-5-6-7-8-9-10-11-12-13-14-15-18-23(32-20-21(26)25(29)31-3)22(27)17-16-19-24(28)30-2/h8-9,11-15,18,21-23,27H,4-7,10,16-17,19-20,26H2,1-3H3/t21?,22-,23+/m0/s1. The summed E-state index contributed by atoms with van der Waals surface area (Å²) in [6.45, 7) is 2.21. The minimum atomic E-state index is -0.753. The maximum Gasteiger partial charge on any atom is 0.323 e. The zero-order valence-corrected chi connectivity index (χ0v) is 20.6. The number of carbonyl (C=O) groups excluding carboxylic acids is 2. The molecule has 0 fully saturated rings. The van der Waals surface area contributed by atoms with E-state index in [2.05, 4.69) is 34.6 Å². The van der Waals surface area contributed by atoms with Gasteiger partial charge in [-0.15, -0.1) is 11.8 Å². The second-order valence-corrected chi connectivity index (χ2v) is 8.58. The van der Waals surface area contributed by atoms with Crippen molar-refractivity contribution < 1.29 is 24.2 Å². The first kappa shape index (κ1) is 30.2. The Balaban J connectivity index is 4.62. The third-order valence-corrected chi connectivity index (χ3v) is 6.05. The van der Waals surface area contributed by atoms with Crippen LogP contribution in [0.3, 0.4) is 0 Å². The van der Waals surface area contributed by atoms with Crippen molar-refractivity contribution in [2.24, 2.45) is 5.73 Å². The predicted molar refractivity (Wildman–Crippen MR) is 133 cm³/mol. The van der Waals surface area contributed by atoms with Crippen molar-refractivity contribution in [3.8, 4) is 0 Å². The largest absolute Gasteiger partial charge is 0.469 e. The topological polar surface area (TPSA) is 98.9 Å². The van der Waals surface area contributed by atoms with E-state index in [0.29, 0.717) is 18.6 Å². The molecule has 7 heteroatoms. The third-order valence-electron chi connectivity index (χ3n) is 4.64. The second kappa shape index (κ2) is 21.0. The lowest BCUT2D eigenvalue weighted by Gasteiger charge is -2.20. The van der Waals surface area contributed by atoms with Gasteiger partial charge in [-0.3, -0.25) is 9.59 Å². The fourth-order valence-corrected chi connectivity index (χ4v) is 3.84. The van der Waals surface area contributed by atoms with Crippen molar-refractivity contribution in [3.63, 3.8) is 0 Å². The Morgan fingerprint density at radius 1 is 1.00 bits per heavy atom. The normalized spacial score (nSPS) is 15.0. The Labute approximate surface area is 198 Å². The fraction of sp³-hybridized carbons (Fsp3) is 0.600. The van der Waals surface area contributed by atoms with E-state index in [1.165, 1.54) is 45.2 Å². The summed E-state index contributed by atoms with van der Waals surface area (Å²) in [6.07, 6.45) is 22.4. The molecule has 0 aliphatic carbocycles. The van der Waals surface area contributed by atoms with Crippen molar-refractivity contribution in [2.45, 2.75) is 75.7 Å². The summed E-state index contributed by atoms with van der Waals surface area (Å²) >= 11 is 1.39. The molecule has 0 aromatic heterocycles. The van der Waals surface area contributed by atoms with Crippen LogP contribution in [0.5, 0.6) is 0 Å². The van der Waals surface area contributed by atoms with Crippen molar-refractivity contribution >= 4 is 23.7 Å². The highest BCUT2D eigenvalue weighted by atomic mass is 32.2. The molecule has 3 N–H and O–H groups in total. The molecule has 0 aliphatic heterocycles. The Hall–Kier alpha value is -1.83. The molecule has 0 aromatic rings. The Kier molecular flexibility index (Phi) is 19.8. The highest BCUT2D eigenvalue weighted by molar-refractivity contribution is 8.00. The Morgan fingerprint density at radius 3 is 2.44 bits per heavy atom. The molecule has 6 nitrogen and oxygen atoms in total. The van der Waals surface area contributed by atoms with Gasteiger partial charge in [0.25, 0.3) is 0 Å². The lowest BCUT2D eigenvalue weighted by molar-refractivity contribution is -0.142. The molecule has 32 heavy (non-hydrogen) atoms. The zero-order chi connectivity index (χ0) is 24.0. The summed E-state index contributed by atoms with van der Waals surface area (Å²) < 4.78 is 9.28. The first-order valence-corrected chi connectivity index (χ1v) is 12.4. The number of ether oxygens (including phenoxy) is 2. The van der Waals surface area contributed by atoms with Crippen LogP contribution in [0.1, 0.15) is 58.3 Å². The monoisotopic (exact) mass is 467 g/mol. The number of allylic oxidation sites excluding steroid dienone is 7. The van der Waals surface area contributed by atoms with Gasteiger partial charge >= 0.3 is 11.9 Å². The maximum atomic E-state index is 11.5. The summed E-state index contributed by atoms with van der Waals surface area (Å²) in [5.41, 5.74) is 5.81. The van der Waals surface area contributed by atoms with Crippen LogP contribution in [0.25, 0.3) is 0 Å². The molecule has 0 saturated heterocycles. The molecule has 0 aromatic carbocycles. The van der Waals surface area contributed by atoms with Crippen LogP contribution in [0, 0.1) is 0 Å². The molecule has 0 heterocycles. The van der Waals surface area contributed by atoms with Crippen LogP contribution in [-0.2, 0) is 19.1 Å². The molecule has 0 aliphatic rings. The molecule has 0 rings (SSSR count). The van der Waals surface area contributed by atoms with Gasteiger partial charge in [-0.25, -0.2) is 0 Å². The van der Waals surface area contributed by atoms with Gasteiger partial charge in [-0.2, -0.15) is 0 Å². The van der Waals surface area contributed by atoms with Gasteiger partial charge in [-0.1, -0.05) is 68.4 Å². The smallest absolute Gasteiger partial charge is 0.323 e. The van der Waals surface area contributed by atoms with Crippen molar-refractivity contribution in [2.75, 3.05) is 20.0 Å². The third kappa shape index (κ3) is 16.8. The average molecular weight is 468 g/mol. The van der Waals surface area contributed by atoms with Crippen LogP contribution in [0.2, 0.25) is 0 Å². The predicted octanol–water partition coefficient (Wildman–Crippen LogP) is 4.49. The number of aliphatic hydroxyl groups is 1. The molecular formula is C25H41NO5S. The van der Waals surface area contributed by atoms with E-state index in [1.54, 1.807) is 0 Å². The first-order chi connectivity index (χ1) is 15.5. The lowest BCUT2D eigenvalue weighted by Crippen LogP contribution is -2.35. The van der Waals surface area contributed by atoms with E-state index >= 15 is 0 Å². The number of rotatable bonds is 18. The van der Waals surface area contributed by atoms with Gasteiger partial charge in [0.1, 0.15) is 6.04 Å². The van der Waals surface area contributed by atoms with Crippen LogP contribution < -0.4 is 5.73 Å². The molecule has 0 bridgehead atoms. The number of nitrogens with two attached hydrogens (primary N) is 1. The minimum Gasteiger partial charge on any atom is -0.469 e. The van der Waals surface area contributed by atoms with Crippen LogP contribution in [0.4, 0.5) is 0 Å². The molecule has 0 saturated carbocycles. The van der Waals surface area contributed by atoms with Gasteiger partial charge in [-0.05, 0) is 32.1 Å². The van der Waals surface area contributed by atoms with E-state index < -0.39 is 18.1 Å². The quantitative estimate of drug-likeness (QED) is 0.133. The number of aliphatic hydroxyl groups excluding tert-OH is 1. The van der Waals surface area contributed by atoms with Gasteiger partial charge in [0.05, 0.1) is 20.3 Å². The fourth-order valence-electron chi connectivity index (χ4n) is 2.71. The number of unbranched alkanes of at least 4 members (excludes halogenated alkanes) is 3. The molecule has 182 valence electrons. The molecule has 0 spiro atoms. The van der Waals surface area contributed by atoms with Gasteiger partial charge in [0.15, 0.2) is 0 Å². The zero-order valence-electron chi connectivity index (χ0n) is 19.8. The average Bonchev–Trinajstić information content (AvgIpc) is 2.80. The second-order valence-electron chi connectivity index (χ2n) is 7.36. The highest BCUT2D eigenvalue weighted by Gasteiger charge is 2.21.